The van der Waals surface area contributed by atoms with E-state index < -0.39 is 12.0 Å². The molecule has 6 nitrogen and oxygen atoms in total. The number of methoxy groups -OCH3 is 1. The molecule has 0 spiro atoms. The van der Waals surface area contributed by atoms with E-state index >= 15 is 0 Å². The van der Waals surface area contributed by atoms with E-state index in [0.29, 0.717) is 31.1 Å². The molecule has 7 heteroatoms. The topological polar surface area (TPSA) is 83.6 Å². The van der Waals surface area contributed by atoms with Crippen LogP contribution in [0.3, 0.4) is 0 Å². The summed E-state index contributed by atoms with van der Waals surface area (Å²) >= 11 is 3.59. The highest BCUT2D eigenvalue weighted by Gasteiger charge is 2.20. The quantitative estimate of drug-likeness (QED) is 0.252. The number of nitrogens with one attached hydrogen (secondary N) is 2. The van der Waals surface area contributed by atoms with Crippen molar-refractivity contribution in [3.63, 3.8) is 0 Å². The number of hydrogen-bond acceptors (Lipinski definition) is 4. The van der Waals surface area contributed by atoms with Gasteiger partial charge < -0.3 is 24.9 Å². The highest BCUT2D eigenvalue weighted by molar-refractivity contribution is 9.10. The second-order valence-electron chi connectivity index (χ2n) is 8.16. The second kappa shape index (κ2) is 10.8. The molecule has 0 radical (unpaired) electrons. The van der Waals surface area contributed by atoms with Gasteiger partial charge in [0.05, 0.1) is 11.6 Å². The van der Waals surface area contributed by atoms with Crippen LogP contribution >= 0.6 is 15.9 Å². The maximum Gasteiger partial charge on any atom is 0.321 e. The van der Waals surface area contributed by atoms with E-state index in [2.05, 4.69) is 39.2 Å². The Morgan fingerprint density at radius 2 is 1.88 bits per heavy atom. The molecule has 0 aliphatic carbocycles. The Labute approximate surface area is 207 Å². The number of ether oxygens (including phenoxy) is 2. The predicted octanol–water partition coefficient (Wildman–Crippen LogP) is 5.61. The summed E-state index contributed by atoms with van der Waals surface area (Å²) in [5.41, 5.74) is 5.11. The van der Waals surface area contributed by atoms with Gasteiger partial charge in [-0.05, 0) is 63.3 Å². The number of rotatable bonds is 10. The minimum Gasteiger partial charge on any atom is -0.493 e. The van der Waals surface area contributed by atoms with Crippen LogP contribution in [-0.4, -0.2) is 29.2 Å². The molecule has 1 atom stereocenters. The molecule has 0 aliphatic heterocycles. The third kappa shape index (κ3) is 5.43. The molecule has 3 aromatic carbocycles. The Balaban J connectivity index is 1.46. The van der Waals surface area contributed by atoms with Crippen molar-refractivity contribution in [3.8, 4) is 11.5 Å². The highest BCUT2D eigenvalue weighted by Crippen LogP contribution is 2.37. The van der Waals surface area contributed by atoms with Gasteiger partial charge in [-0.1, -0.05) is 42.5 Å². The zero-order chi connectivity index (χ0) is 24.1. The zero-order valence-electron chi connectivity index (χ0n) is 19.1. The van der Waals surface area contributed by atoms with Gasteiger partial charge in [0.1, 0.15) is 12.6 Å². The van der Waals surface area contributed by atoms with Crippen LogP contribution in [0.4, 0.5) is 0 Å². The number of carbonyl (C=O) groups is 1. The van der Waals surface area contributed by atoms with E-state index in [1.807, 2.05) is 60.8 Å². The minimum atomic E-state index is -0.894. The lowest BCUT2D eigenvalue weighted by molar-refractivity contribution is -0.139. The van der Waals surface area contributed by atoms with E-state index in [1.165, 1.54) is 0 Å². The molecule has 0 saturated heterocycles. The van der Waals surface area contributed by atoms with E-state index in [1.54, 1.807) is 7.11 Å². The van der Waals surface area contributed by atoms with Crippen molar-refractivity contribution in [2.45, 2.75) is 32.5 Å². The lowest BCUT2D eigenvalue weighted by Crippen LogP contribution is -2.38. The number of benzene rings is 3. The molecule has 1 aromatic heterocycles. The Hall–Kier alpha value is -3.29. The van der Waals surface area contributed by atoms with Crippen LogP contribution < -0.4 is 14.8 Å². The van der Waals surface area contributed by atoms with Gasteiger partial charge >= 0.3 is 5.97 Å². The van der Waals surface area contributed by atoms with Crippen LogP contribution in [0.25, 0.3) is 10.9 Å². The molecule has 34 heavy (non-hydrogen) atoms. The Bertz CT molecular complexity index is 1300. The lowest BCUT2D eigenvalue weighted by Gasteiger charge is -2.17. The number of hydrogen-bond donors (Lipinski definition) is 3. The van der Waals surface area contributed by atoms with Crippen molar-refractivity contribution in [1.29, 1.82) is 0 Å². The average molecular weight is 523 g/mol. The molecule has 0 saturated carbocycles. The molecule has 0 aliphatic rings. The van der Waals surface area contributed by atoms with Crippen molar-refractivity contribution in [3.05, 3.63) is 93.6 Å². The number of fused-ring (bicyclic) bond motifs is 1. The first kappa shape index (κ1) is 23.9. The summed E-state index contributed by atoms with van der Waals surface area (Å²) in [7, 11) is 1.59. The molecule has 0 bridgehead atoms. The Kier molecular flexibility index (Phi) is 7.55. The Morgan fingerprint density at radius 3 is 2.65 bits per heavy atom. The molecular formula is C27H27BrN2O4. The molecule has 3 N–H and O–H groups in total. The second-order valence-corrected chi connectivity index (χ2v) is 9.01. The fourth-order valence-electron chi connectivity index (χ4n) is 3.95. The van der Waals surface area contributed by atoms with Crippen LogP contribution in [0, 0.1) is 6.92 Å². The van der Waals surface area contributed by atoms with Gasteiger partial charge in [-0.25, -0.2) is 0 Å². The molecule has 0 fully saturated rings. The fraction of sp³-hybridized carbons (Fsp3) is 0.222. The maximum atomic E-state index is 11.9. The van der Waals surface area contributed by atoms with Crippen molar-refractivity contribution in [2.75, 3.05) is 7.11 Å². The fourth-order valence-corrected chi connectivity index (χ4v) is 4.55. The minimum absolute atomic E-state index is 0.367. The standard InChI is InChI=1S/C27H27BrN2O4/c1-17-7-3-4-8-19(17)16-34-26-22(28)11-18(12-25(26)33-2)14-29-24(27(31)32)13-20-15-30-23-10-6-5-9-21(20)23/h3-12,15,24,29-30H,13-14,16H2,1-2H3,(H,31,32)/t24-/m0/s1. The number of carboxylic acid groups (broad SMARTS) is 1. The summed E-state index contributed by atoms with van der Waals surface area (Å²) in [6, 6.07) is 19.0. The van der Waals surface area contributed by atoms with Crippen molar-refractivity contribution in [1.82, 2.24) is 10.3 Å². The number of aromatic nitrogens is 1. The third-order valence-electron chi connectivity index (χ3n) is 5.87. The monoisotopic (exact) mass is 522 g/mol. The van der Waals surface area contributed by atoms with Crippen molar-refractivity contribution < 1.29 is 19.4 Å². The van der Waals surface area contributed by atoms with Crippen LogP contribution in [0.1, 0.15) is 22.3 Å². The summed E-state index contributed by atoms with van der Waals surface area (Å²) in [5, 5.41) is 14.0. The first-order valence-electron chi connectivity index (χ1n) is 11.0. The average Bonchev–Trinajstić information content (AvgIpc) is 3.24. The summed E-state index contributed by atoms with van der Waals surface area (Å²) in [4.78, 5) is 15.2. The van der Waals surface area contributed by atoms with Gasteiger partial charge in [-0.15, -0.1) is 0 Å². The number of halogens is 1. The number of aliphatic carboxylic acids is 1. The highest BCUT2D eigenvalue weighted by atomic mass is 79.9. The molecule has 176 valence electrons. The van der Waals surface area contributed by atoms with E-state index in [0.717, 1.165) is 37.6 Å². The normalized spacial score (nSPS) is 12.0. The summed E-state index contributed by atoms with van der Waals surface area (Å²) in [6.45, 7) is 2.84. The number of para-hydroxylation sites is 1. The lowest BCUT2D eigenvalue weighted by atomic mass is 10.0. The Morgan fingerprint density at radius 1 is 1.12 bits per heavy atom. The van der Waals surface area contributed by atoms with Gasteiger partial charge in [0.25, 0.3) is 0 Å². The van der Waals surface area contributed by atoms with E-state index in [-0.39, 0.29) is 0 Å². The van der Waals surface area contributed by atoms with Gasteiger partial charge in [-0.2, -0.15) is 0 Å². The number of H-pyrrole nitrogens is 1. The predicted molar refractivity (Wildman–Crippen MR) is 136 cm³/mol. The molecule has 4 aromatic rings. The van der Waals surface area contributed by atoms with Gasteiger partial charge in [0, 0.05) is 30.1 Å². The number of aromatic amines is 1. The maximum absolute atomic E-state index is 11.9. The van der Waals surface area contributed by atoms with E-state index in [9.17, 15) is 9.90 Å². The molecule has 0 unspecified atom stereocenters. The van der Waals surface area contributed by atoms with Crippen LogP contribution in [0.2, 0.25) is 0 Å². The van der Waals surface area contributed by atoms with Gasteiger partial charge in [0.2, 0.25) is 0 Å². The first-order valence-corrected chi connectivity index (χ1v) is 11.8. The van der Waals surface area contributed by atoms with Crippen LogP contribution in [0.15, 0.2) is 71.3 Å². The number of carboxylic acids is 1. The zero-order valence-corrected chi connectivity index (χ0v) is 20.7. The SMILES string of the molecule is COc1cc(CN[C@@H](Cc2c[nH]c3ccccc23)C(=O)O)cc(Br)c1OCc1ccccc1C. The third-order valence-corrected chi connectivity index (χ3v) is 6.46. The van der Waals surface area contributed by atoms with Gasteiger partial charge in [-0.3, -0.25) is 4.79 Å². The summed E-state index contributed by atoms with van der Waals surface area (Å²) < 4.78 is 12.4. The van der Waals surface area contributed by atoms with Crippen LogP contribution in [-0.2, 0) is 24.4 Å². The largest absolute Gasteiger partial charge is 0.493 e. The van der Waals surface area contributed by atoms with Crippen molar-refractivity contribution in [2.24, 2.45) is 0 Å². The summed E-state index contributed by atoms with van der Waals surface area (Å²) in [5.74, 6) is 0.306. The molecule has 0 amide bonds. The van der Waals surface area contributed by atoms with Gasteiger partial charge in [0.15, 0.2) is 11.5 Å². The van der Waals surface area contributed by atoms with Crippen LogP contribution in [0.5, 0.6) is 11.5 Å². The molecule has 1 heterocycles. The molecule has 4 rings (SSSR count). The first-order chi connectivity index (χ1) is 16.5. The smallest absolute Gasteiger partial charge is 0.321 e. The summed E-state index contributed by atoms with van der Waals surface area (Å²) in [6.07, 6.45) is 2.25. The number of aryl methyl sites for hydroxylation is 1. The van der Waals surface area contributed by atoms with Crippen molar-refractivity contribution >= 4 is 32.8 Å². The van der Waals surface area contributed by atoms with E-state index in [4.69, 9.17) is 9.47 Å². The molecular weight excluding hydrogens is 496 g/mol.